The molecule has 5 nitrogen and oxygen atoms in total. The van der Waals surface area contributed by atoms with Gasteiger partial charge in [-0.25, -0.2) is 5.06 Å². The van der Waals surface area contributed by atoms with Crippen molar-refractivity contribution in [2.75, 3.05) is 29.7 Å². The molecule has 84 valence electrons. The minimum absolute atomic E-state index is 0.173. The number of hydroxylamine groups is 1. The summed E-state index contributed by atoms with van der Waals surface area (Å²) < 4.78 is 5.35. The highest BCUT2D eigenvalue weighted by molar-refractivity contribution is 6.05. The van der Waals surface area contributed by atoms with Crippen molar-refractivity contribution in [3.8, 4) is 0 Å². The first-order valence-electron chi connectivity index (χ1n) is 5.30. The first-order valence-corrected chi connectivity index (χ1v) is 5.30. The number of morpholine rings is 1. The van der Waals surface area contributed by atoms with E-state index in [2.05, 4.69) is 4.90 Å². The lowest BCUT2D eigenvalue weighted by atomic mass is 10.1. The van der Waals surface area contributed by atoms with Crippen molar-refractivity contribution in [3.63, 3.8) is 0 Å². The average molecular weight is 219 g/mol. The normalized spacial score (nSPS) is 24.1. The summed E-state index contributed by atoms with van der Waals surface area (Å²) in [6.45, 7) is 1.89. The molecule has 2 N–H and O–H groups in total. The number of anilines is 2. The number of nitrogens with zero attached hydrogens (tertiary/aromatic N) is 2. The second kappa shape index (κ2) is 3.47. The molecule has 1 aromatic carbocycles. The first kappa shape index (κ1) is 9.62. The number of rotatable bonds is 0. The van der Waals surface area contributed by atoms with E-state index in [4.69, 9.17) is 10.1 Å². The summed E-state index contributed by atoms with van der Waals surface area (Å²) in [6.07, 6.45) is 0. The molecule has 1 unspecified atom stereocenters. The van der Waals surface area contributed by atoms with Crippen LogP contribution in [0.25, 0.3) is 0 Å². The fourth-order valence-electron chi connectivity index (χ4n) is 2.28. The van der Waals surface area contributed by atoms with Crippen molar-refractivity contribution in [3.05, 3.63) is 24.3 Å². The number of fused-ring (bicyclic) bond motifs is 3. The molecule has 0 aliphatic carbocycles. The Morgan fingerprint density at radius 2 is 2.06 bits per heavy atom. The smallest absolute Gasteiger partial charge is 0.152 e. The molecule has 0 amide bonds. The zero-order valence-electron chi connectivity index (χ0n) is 8.76. The van der Waals surface area contributed by atoms with E-state index in [1.165, 1.54) is 0 Å². The first-order chi connectivity index (χ1) is 7.79. The highest BCUT2D eigenvalue weighted by Crippen LogP contribution is 2.35. The van der Waals surface area contributed by atoms with Crippen LogP contribution in [-0.4, -0.2) is 36.8 Å². The Hall–Kier alpha value is -1.59. The fraction of sp³-hybridized carbons (Fsp3) is 0.364. The molecule has 2 aliphatic rings. The standard InChI is InChI=1S/C11H13N3O2/c12-11-10-7-16-6-5-13(10)8-3-1-2-4-9(8)14(11)15/h1-4,10,12,15H,5-7H2. The van der Waals surface area contributed by atoms with Crippen molar-refractivity contribution in [2.24, 2.45) is 0 Å². The molecule has 1 aromatic rings. The van der Waals surface area contributed by atoms with Gasteiger partial charge in [0.05, 0.1) is 24.6 Å². The van der Waals surface area contributed by atoms with Gasteiger partial charge in [0, 0.05) is 6.54 Å². The second-order valence-corrected chi connectivity index (χ2v) is 3.97. The van der Waals surface area contributed by atoms with Crippen molar-refractivity contribution in [2.45, 2.75) is 6.04 Å². The van der Waals surface area contributed by atoms with Crippen molar-refractivity contribution in [1.29, 1.82) is 5.41 Å². The van der Waals surface area contributed by atoms with E-state index in [1.807, 2.05) is 24.3 Å². The molecule has 16 heavy (non-hydrogen) atoms. The predicted octanol–water partition coefficient (Wildman–Crippen LogP) is 1.08. The summed E-state index contributed by atoms with van der Waals surface area (Å²) in [5.41, 5.74) is 1.64. The van der Waals surface area contributed by atoms with Crippen LogP contribution in [0.3, 0.4) is 0 Å². The molecule has 0 saturated carbocycles. The minimum atomic E-state index is -0.173. The van der Waals surface area contributed by atoms with E-state index in [0.29, 0.717) is 18.9 Å². The highest BCUT2D eigenvalue weighted by atomic mass is 16.5. The Morgan fingerprint density at radius 1 is 1.31 bits per heavy atom. The summed E-state index contributed by atoms with van der Waals surface area (Å²) in [4.78, 5) is 2.12. The van der Waals surface area contributed by atoms with E-state index < -0.39 is 0 Å². The zero-order chi connectivity index (χ0) is 11.1. The highest BCUT2D eigenvalue weighted by Gasteiger charge is 2.36. The van der Waals surface area contributed by atoms with Crippen LogP contribution in [0.15, 0.2) is 24.3 Å². The Bertz CT molecular complexity index is 435. The van der Waals surface area contributed by atoms with Crippen LogP contribution >= 0.6 is 0 Å². The molecular formula is C11H13N3O2. The molecular weight excluding hydrogens is 206 g/mol. The number of ether oxygens (including phenoxy) is 1. The van der Waals surface area contributed by atoms with Gasteiger partial charge >= 0.3 is 0 Å². The molecule has 1 saturated heterocycles. The quantitative estimate of drug-likeness (QED) is 0.685. The molecule has 3 rings (SSSR count). The number of benzene rings is 1. The van der Waals surface area contributed by atoms with Crippen LogP contribution in [0, 0.1) is 5.41 Å². The Labute approximate surface area is 93.3 Å². The lowest BCUT2D eigenvalue weighted by Gasteiger charge is -2.44. The van der Waals surface area contributed by atoms with Crippen LogP contribution in [0.1, 0.15) is 0 Å². The predicted molar refractivity (Wildman–Crippen MR) is 60.4 cm³/mol. The van der Waals surface area contributed by atoms with Gasteiger partial charge in [-0.3, -0.25) is 10.6 Å². The molecule has 0 spiro atoms. The number of para-hydroxylation sites is 2. The zero-order valence-corrected chi connectivity index (χ0v) is 8.76. The summed E-state index contributed by atoms with van der Waals surface area (Å²) in [6, 6.07) is 7.40. The maximum Gasteiger partial charge on any atom is 0.152 e. The third-order valence-electron chi connectivity index (χ3n) is 3.09. The SMILES string of the molecule is N=C1C2COCCN2c2ccccc2N1O. The topological polar surface area (TPSA) is 59.8 Å². The van der Waals surface area contributed by atoms with E-state index in [-0.39, 0.29) is 11.9 Å². The molecule has 0 aromatic heterocycles. The van der Waals surface area contributed by atoms with Crippen LogP contribution in [0.4, 0.5) is 11.4 Å². The third-order valence-corrected chi connectivity index (χ3v) is 3.09. The maximum absolute atomic E-state index is 9.90. The Morgan fingerprint density at radius 3 is 2.88 bits per heavy atom. The van der Waals surface area contributed by atoms with Gasteiger partial charge in [0.15, 0.2) is 5.84 Å². The number of hydrogen-bond donors (Lipinski definition) is 2. The Kier molecular flexibility index (Phi) is 2.08. The maximum atomic E-state index is 9.90. The summed E-state index contributed by atoms with van der Waals surface area (Å²) in [7, 11) is 0. The van der Waals surface area contributed by atoms with Crippen LogP contribution in [0.5, 0.6) is 0 Å². The van der Waals surface area contributed by atoms with E-state index in [9.17, 15) is 5.21 Å². The van der Waals surface area contributed by atoms with Gasteiger partial charge in [0.25, 0.3) is 0 Å². The lowest BCUT2D eigenvalue weighted by molar-refractivity contribution is 0.106. The third kappa shape index (κ3) is 1.22. The van der Waals surface area contributed by atoms with Gasteiger partial charge in [-0.1, -0.05) is 12.1 Å². The van der Waals surface area contributed by atoms with E-state index >= 15 is 0 Å². The monoisotopic (exact) mass is 219 g/mol. The number of amidine groups is 1. The molecule has 1 atom stereocenters. The van der Waals surface area contributed by atoms with Crippen molar-refractivity contribution >= 4 is 17.2 Å². The molecule has 0 radical (unpaired) electrons. The van der Waals surface area contributed by atoms with Crippen LogP contribution in [-0.2, 0) is 4.74 Å². The van der Waals surface area contributed by atoms with E-state index in [1.54, 1.807) is 0 Å². The van der Waals surface area contributed by atoms with Gasteiger partial charge in [-0.05, 0) is 12.1 Å². The Balaban J connectivity index is 2.11. The van der Waals surface area contributed by atoms with Crippen molar-refractivity contribution < 1.29 is 9.94 Å². The largest absolute Gasteiger partial charge is 0.377 e. The molecule has 0 bridgehead atoms. The molecule has 5 heteroatoms. The van der Waals surface area contributed by atoms with E-state index in [0.717, 1.165) is 17.3 Å². The number of hydrogen-bond acceptors (Lipinski definition) is 4. The molecule has 2 heterocycles. The van der Waals surface area contributed by atoms with Gasteiger partial charge in [-0.2, -0.15) is 0 Å². The molecule has 2 aliphatic heterocycles. The average Bonchev–Trinajstić information content (AvgIpc) is 2.36. The summed E-state index contributed by atoms with van der Waals surface area (Å²) in [5, 5.41) is 18.7. The second-order valence-electron chi connectivity index (χ2n) is 3.97. The van der Waals surface area contributed by atoms with Gasteiger partial charge in [0.1, 0.15) is 6.04 Å². The summed E-state index contributed by atoms with van der Waals surface area (Å²) >= 11 is 0. The fourth-order valence-corrected chi connectivity index (χ4v) is 2.28. The van der Waals surface area contributed by atoms with Gasteiger partial charge in [-0.15, -0.1) is 0 Å². The van der Waals surface area contributed by atoms with Gasteiger partial charge in [0.2, 0.25) is 0 Å². The minimum Gasteiger partial charge on any atom is -0.377 e. The van der Waals surface area contributed by atoms with Gasteiger partial charge < -0.3 is 9.64 Å². The number of nitrogens with one attached hydrogen (secondary N) is 1. The van der Waals surface area contributed by atoms with Crippen LogP contribution < -0.4 is 9.96 Å². The van der Waals surface area contributed by atoms with Crippen molar-refractivity contribution in [1.82, 2.24) is 0 Å². The molecule has 1 fully saturated rings. The van der Waals surface area contributed by atoms with Crippen LogP contribution in [0.2, 0.25) is 0 Å². The summed E-state index contributed by atoms with van der Waals surface area (Å²) in [5.74, 6) is 0.179. The lowest BCUT2D eigenvalue weighted by Crippen LogP contribution is -2.57.